The van der Waals surface area contributed by atoms with Crippen LogP contribution in [0.5, 0.6) is 28.7 Å². The number of β-lactam (4-membered cyclic amide) rings is 1. The van der Waals surface area contributed by atoms with Gasteiger partial charge in [-0.05, 0) is 173 Å². The number of carboxylic acid groups (broad SMARTS) is 3. The fourth-order valence-electron chi connectivity index (χ4n) is 13.7. The number of piperidine rings is 1. The topological polar surface area (TPSA) is 607 Å². The van der Waals surface area contributed by atoms with Crippen molar-refractivity contribution in [1.29, 1.82) is 0 Å². The smallest absolute Gasteiger partial charge is 0.872 e. The van der Waals surface area contributed by atoms with Crippen LogP contribution in [0.1, 0.15) is 139 Å². The fourth-order valence-corrected chi connectivity index (χ4v) is 15.3. The Kier molecular flexibility index (Phi) is 47.8. The Bertz CT molecular complexity index is 4950. The number of azo groups is 1. The number of benzene rings is 7. The quantitative estimate of drug-likeness (QED) is 0.00277. The Hall–Kier alpha value is -9.38. The molecule has 0 aromatic heterocycles. The molecule has 680 valence electrons. The maximum atomic E-state index is 13.1. The number of aliphatic carboxylic acids is 2. The Labute approximate surface area is 816 Å². The van der Waals surface area contributed by atoms with E-state index in [1.165, 1.54) is 77.5 Å². The molecule has 3 unspecified atom stereocenters. The number of esters is 1. The van der Waals surface area contributed by atoms with E-state index in [1.807, 2.05) is 56.3 Å². The number of phenolic OH excluding ortho intramolecular Hbond substituents is 3. The van der Waals surface area contributed by atoms with Gasteiger partial charge in [-0.15, -0.1) is 11.8 Å². The van der Waals surface area contributed by atoms with Crippen LogP contribution < -0.4 is 141 Å². The number of carboxylic acids is 3. The Morgan fingerprint density at radius 1 is 0.736 bits per heavy atom. The van der Waals surface area contributed by atoms with Gasteiger partial charge in [-0.1, -0.05) is 117 Å². The first-order valence-corrected chi connectivity index (χ1v) is 42.3. The van der Waals surface area contributed by atoms with Gasteiger partial charge < -0.3 is 117 Å². The molecule has 43 heteroatoms. The summed E-state index contributed by atoms with van der Waals surface area (Å²) in [6.45, 7) is 9.69. The van der Waals surface area contributed by atoms with Crippen LogP contribution in [-0.2, 0) is 56.7 Å². The minimum absolute atomic E-state index is 0. The molecule has 8 amide bonds. The maximum absolute atomic E-state index is 13.1. The van der Waals surface area contributed by atoms with Crippen molar-refractivity contribution >= 4 is 93.1 Å². The van der Waals surface area contributed by atoms with E-state index in [2.05, 4.69) is 54.1 Å². The van der Waals surface area contributed by atoms with Gasteiger partial charge in [0.2, 0.25) is 28.1 Å². The molecular formula is C86H105N12Na3O26S2. The number of urea groups is 2. The van der Waals surface area contributed by atoms with Crippen molar-refractivity contribution in [2.45, 2.75) is 156 Å². The summed E-state index contributed by atoms with van der Waals surface area (Å²) in [5.74, 6) is -6.55. The molecule has 129 heavy (non-hydrogen) atoms. The fraction of sp³-hybridized carbons (Fsp3) is 0.395. The summed E-state index contributed by atoms with van der Waals surface area (Å²) in [6, 6.07) is 43.1. The average Bonchev–Trinajstić information content (AvgIpc) is 1.56. The number of ether oxygens (including phenoxy) is 2. The van der Waals surface area contributed by atoms with E-state index in [0.717, 1.165) is 66.8 Å². The largest absolute Gasteiger partial charge is 1.00 e. The van der Waals surface area contributed by atoms with Crippen LogP contribution >= 0.6 is 11.8 Å². The number of nitrogens with zero attached hydrogens (tertiary/aromatic N) is 5. The standard InChI is InChI=1S/C20H23N5O6S.C18H23NO4.C17H15N3O6.C17H23NO3.C14H22N2O3.3Na.H2O4S/c1-20(2)13(17(28)29)25-15(27)12(16(25)32-20)22-14(26)11(10-6-4-3-5-7-10)23-19(31)24-9-8-21-18(24)30;20-15-7-4-13(5-8-15)3-1-2-10-19-12-18(23)14-6-9-16(21)17(22)11-14;21-14-6-5-12(9-13(14)17(25)26)20-19-11-3-1-10(2-4-11)16(24)18-8-7-15(22)23;1-18-13-7-8-14(18)10-15(9-13)21-17(20)16(11-19)12-5-3-2-4-6-12;1-10(2)16-8-12(17)9-19-13-5-3-11(4-6-13)7-14(15)18;;;;1-5(2,3)4/h3-7,11-13,16H,8-9H2,1-2H3,(H,21,30)(H,22,26)(H,23,31)(H,28,29);4-9,11,18-23H,1-3,10,12H2;1-6,9,21H,7-8H2,(H,18,24)(H,22,23)(H,25,26);2-6,13-16,19H,7-11H2,1H3;3-6,10,12,16-17H,7-9H2,1-2H3,(H2,15,18);;;;(H2,1,2,3,4)/q;;;;;3*+1;/p-3/t11-,12+,13-,16+;18-;;13-,14+,15?,16?;;;;;/m00......./s1. The third-order valence-electron chi connectivity index (χ3n) is 20.2. The number of aryl methyl sites for hydroxylation is 1. The van der Waals surface area contributed by atoms with Crippen molar-refractivity contribution in [2.24, 2.45) is 16.0 Å². The van der Waals surface area contributed by atoms with E-state index >= 15 is 0 Å². The zero-order valence-corrected chi connectivity index (χ0v) is 80.3. The van der Waals surface area contributed by atoms with Gasteiger partial charge in [0, 0.05) is 73.5 Å². The maximum Gasteiger partial charge on any atom is 1.00 e. The van der Waals surface area contributed by atoms with Crippen molar-refractivity contribution in [3.05, 3.63) is 209 Å². The number of aliphatic hydroxyl groups is 3. The first kappa shape index (κ1) is 112. The zero-order chi connectivity index (χ0) is 92.5. The molecule has 10 atom stereocenters. The average molecular weight is 1860 g/mol. The summed E-state index contributed by atoms with van der Waals surface area (Å²) in [4.78, 5) is 123. The molecule has 0 aliphatic carbocycles. The van der Waals surface area contributed by atoms with E-state index in [0.29, 0.717) is 65.9 Å². The van der Waals surface area contributed by atoms with Crippen LogP contribution in [0.25, 0.3) is 0 Å². The van der Waals surface area contributed by atoms with Gasteiger partial charge in [-0.25, -0.2) is 32.5 Å². The van der Waals surface area contributed by atoms with Crippen molar-refractivity contribution in [2.75, 3.05) is 59.5 Å². The van der Waals surface area contributed by atoms with Crippen LogP contribution in [0.3, 0.4) is 0 Å². The molecule has 5 heterocycles. The number of fused-ring (bicyclic) bond motifs is 3. The molecule has 0 spiro atoms. The number of imide groups is 1. The molecule has 7 aromatic carbocycles. The van der Waals surface area contributed by atoms with Crippen LogP contribution in [0.2, 0.25) is 0 Å². The van der Waals surface area contributed by atoms with E-state index in [-0.39, 0.29) is 169 Å². The van der Waals surface area contributed by atoms with Crippen LogP contribution in [0.15, 0.2) is 180 Å². The van der Waals surface area contributed by atoms with Crippen LogP contribution in [0.4, 0.5) is 21.0 Å². The minimum atomic E-state index is -4.92. The number of aromatic hydroxyl groups is 3. The van der Waals surface area contributed by atoms with Gasteiger partial charge in [-0.2, -0.15) is 10.2 Å². The summed E-state index contributed by atoms with van der Waals surface area (Å²) in [6.07, 6.45) is 5.89. The number of aliphatic hydroxyl groups excluding tert-OH is 3. The molecular weight excluding hydrogens is 1750 g/mol. The van der Waals surface area contributed by atoms with E-state index in [9.17, 15) is 93.9 Å². The number of thioether (sulfide) groups is 1. The summed E-state index contributed by atoms with van der Waals surface area (Å²) in [5, 5.41) is 121. The SMILES string of the molecule is CC(C)NCC(O)COc1ccc(CC(N)=O)cc1.CC1(C)S[C@@H]2[C@H](NC(=O)[C@@H](NC(=O)N3CCNC3=O)c3ccccc3)C(=O)N2[C@H]1C(=O)O.CN1[C@@H]2CC[C@H]1CC(OC(=O)C(CO)c1ccccc1)C2.O=C([O-])CCNC(=O)c1ccc(N=Nc2ccc([O-])c(C(=O)O)c2)cc1.O=S(=O)([O-])O.Oc1ccc(CCCCNC[C@H](O)c2ccc(O)c(O)c2)cc1.[Na+].[Na+].[Na+]. The summed E-state index contributed by atoms with van der Waals surface area (Å²) >= 11 is 1.31. The van der Waals surface area contributed by atoms with Gasteiger partial charge in [0.1, 0.15) is 59.7 Å². The molecule has 5 aliphatic heterocycles. The number of amides is 8. The molecule has 5 saturated heterocycles. The van der Waals surface area contributed by atoms with E-state index in [4.69, 9.17) is 37.8 Å². The number of phenols is 3. The molecule has 38 nitrogen and oxygen atoms in total. The number of carbonyl (C=O) groups excluding carboxylic acids is 8. The van der Waals surface area contributed by atoms with Gasteiger partial charge >= 0.3 is 119 Å². The monoisotopic (exact) mass is 1850 g/mol. The molecule has 0 saturated carbocycles. The first-order chi connectivity index (χ1) is 59.7. The number of rotatable bonds is 32. The second kappa shape index (κ2) is 55.1. The summed E-state index contributed by atoms with van der Waals surface area (Å²) in [5.41, 5.74) is 9.53. The summed E-state index contributed by atoms with van der Waals surface area (Å²) in [7, 11) is -2.75. The predicted octanol–water partition coefficient (Wildman–Crippen LogP) is -4.31. The Morgan fingerprint density at radius 2 is 1.33 bits per heavy atom. The van der Waals surface area contributed by atoms with Gasteiger partial charge in [0.25, 0.3) is 5.91 Å². The molecule has 5 fully saturated rings. The second-order valence-electron chi connectivity index (χ2n) is 30.4. The molecule has 17 N–H and O–H groups in total. The molecule has 0 radical (unpaired) electrons. The molecule has 5 aliphatic rings. The number of nitrogens with one attached hydrogen (secondary N) is 6. The Balaban J connectivity index is 0.000000335. The normalized spacial score (nSPS) is 18.1. The number of aromatic carboxylic acids is 1. The molecule has 7 aromatic rings. The zero-order valence-electron chi connectivity index (χ0n) is 72.6. The van der Waals surface area contributed by atoms with Gasteiger partial charge in [0.15, 0.2) is 11.5 Å². The summed E-state index contributed by atoms with van der Waals surface area (Å²) < 4.78 is 43.3. The number of nitrogens with two attached hydrogens (primary N) is 1. The van der Waals surface area contributed by atoms with E-state index < -0.39 is 116 Å². The number of hydrogen-bond acceptors (Lipinski definition) is 29. The number of hydrogen-bond donors (Lipinski definition) is 16. The van der Waals surface area contributed by atoms with Crippen LogP contribution in [0, 0.1) is 0 Å². The van der Waals surface area contributed by atoms with Crippen LogP contribution in [-0.4, -0.2) is 245 Å². The van der Waals surface area contributed by atoms with E-state index in [1.54, 1.807) is 86.6 Å². The number of unbranched alkanes of at least 4 members (excludes halogenated alkanes) is 1. The minimum Gasteiger partial charge on any atom is -0.872 e. The van der Waals surface area contributed by atoms with Crippen molar-refractivity contribution < 1.29 is 215 Å². The Morgan fingerprint density at radius 3 is 1.88 bits per heavy atom. The third kappa shape index (κ3) is 37.1. The number of primary amides is 1. The van der Waals surface area contributed by atoms with Crippen molar-refractivity contribution in [3.63, 3.8) is 0 Å². The van der Waals surface area contributed by atoms with Gasteiger partial charge in [0.05, 0.1) is 36.1 Å². The molecule has 2 bridgehead atoms. The third-order valence-corrected chi connectivity index (χ3v) is 21.8. The van der Waals surface area contributed by atoms with Crippen molar-refractivity contribution in [1.82, 2.24) is 46.6 Å². The predicted molar refractivity (Wildman–Crippen MR) is 454 cm³/mol. The van der Waals surface area contributed by atoms with Crippen molar-refractivity contribution in [3.8, 4) is 28.7 Å². The second-order valence-corrected chi connectivity index (χ2v) is 33.1. The van der Waals surface area contributed by atoms with Gasteiger partial charge in [-0.3, -0.25) is 28.5 Å². The number of carbonyl (C=O) groups is 10. The molecule has 12 rings (SSSR count). The first-order valence-electron chi connectivity index (χ1n) is 40.0.